The zero-order valence-corrected chi connectivity index (χ0v) is 11.8. The first-order chi connectivity index (χ1) is 9.81. The molecule has 0 aliphatic rings. The molecule has 0 aliphatic carbocycles. The Morgan fingerprint density at radius 2 is 2.35 bits per heavy atom. The monoisotopic (exact) mass is 275 g/mol. The molecular formula is C15H21N3O2. The second-order valence-corrected chi connectivity index (χ2v) is 4.55. The first kappa shape index (κ1) is 14.6. The van der Waals surface area contributed by atoms with E-state index >= 15 is 0 Å². The lowest BCUT2D eigenvalue weighted by molar-refractivity contribution is 0.140. The number of aromatic nitrogens is 2. The number of nitrogens with zero attached hydrogens (tertiary/aromatic N) is 1. The summed E-state index contributed by atoms with van der Waals surface area (Å²) in [5, 5.41) is 10.4. The van der Waals surface area contributed by atoms with Gasteiger partial charge < -0.3 is 14.5 Å². The molecule has 0 unspecified atom stereocenters. The minimum absolute atomic E-state index is 0.695. The summed E-state index contributed by atoms with van der Waals surface area (Å²) in [5.41, 5.74) is 2.02. The largest absolute Gasteiger partial charge is 0.460 e. The van der Waals surface area contributed by atoms with Crippen LogP contribution in [0.2, 0.25) is 0 Å². The third kappa shape index (κ3) is 4.08. The van der Waals surface area contributed by atoms with Gasteiger partial charge in [0.1, 0.15) is 11.5 Å². The summed E-state index contributed by atoms with van der Waals surface area (Å²) in [4.78, 5) is 0. The summed E-state index contributed by atoms with van der Waals surface area (Å²) in [6.07, 6.45) is 4.57. The highest BCUT2D eigenvalue weighted by atomic mass is 16.5. The van der Waals surface area contributed by atoms with Gasteiger partial charge in [0.25, 0.3) is 0 Å². The first-order valence-electron chi connectivity index (χ1n) is 6.79. The Kier molecular flexibility index (Phi) is 5.58. The maximum atomic E-state index is 5.61. The number of hydrogen-bond acceptors (Lipinski definition) is 4. The Hall–Kier alpha value is -1.85. The van der Waals surface area contributed by atoms with E-state index in [4.69, 9.17) is 9.15 Å². The molecule has 0 aromatic carbocycles. The van der Waals surface area contributed by atoms with Crippen molar-refractivity contribution in [3.63, 3.8) is 0 Å². The van der Waals surface area contributed by atoms with Crippen LogP contribution >= 0.6 is 0 Å². The van der Waals surface area contributed by atoms with Crippen molar-refractivity contribution in [2.45, 2.75) is 19.9 Å². The molecule has 2 N–H and O–H groups in total. The van der Waals surface area contributed by atoms with E-state index in [2.05, 4.69) is 22.1 Å². The fraction of sp³-hybridized carbons (Fsp3) is 0.400. The van der Waals surface area contributed by atoms with Crippen molar-refractivity contribution in [2.75, 3.05) is 19.8 Å². The second-order valence-electron chi connectivity index (χ2n) is 4.55. The van der Waals surface area contributed by atoms with Crippen molar-refractivity contribution in [1.29, 1.82) is 0 Å². The van der Waals surface area contributed by atoms with Gasteiger partial charge in [-0.15, -0.1) is 6.58 Å². The van der Waals surface area contributed by atoms with Gasteiger partial charge in [0.15, 0.2) is 5.76 Å². The highest BCUT2D eigenvalue weighted by molar-refractivity contribution is 5.56. The lowest BCUT2D eigenvalue weighted by Crippen LogP contribution is -2.19. The van der Waals surface area contributed by atoms with E-state index in [1.807, 2.05) is 31.3 Å². The lowest BCUT2D eigenvalue weighted by atomic mass is 10.2. The highest BCUT2D eigenvalue weighted by Gasteiger charge is 2.10. The van der Waals surface area contributed by atoms with E-state index in [1.165, 1.54) is 0 Å². The number of aromatic amines is 1. The predicted molar refractivity (Wildman–Crippen MR) is 78.4 cm³/mol. The van der Waals surface area contributed by atoms with Gasteiger partial charge in [-0.3, -0.25) is 5.10 Å². The van der Waals surface area contributed by atoms with Crippen LogP contribution in [0.15, 0.2) is 35.4 Å². The molecule has 108 valence electrons. The van der Waals surface area contributed by atoms with Crippen molar-refractivity contribution < 1.29 is 9.15 Å². The van der Waals surface area contributed by atoms with Gasteiger partial charge in [0.05, 0.1) is 19.4 Å². The van der Waals surface area contributed by atoms with Gasteiger partial charge in [0.2, 0.25) is 0 Å². The molecule has 5 heteroatoms. The summed E-state index contributed by atoms with van der Waals surface area (Å²) in [7, 11) is 0. The Bertz CT molecular complexity index is 531. The van der Waals surface area contributed by atoms with Crippen LogP contribution in [0, 0.1) is 6.92 Å². The van der Waals surface area contributed by atoms with Crippen LogP contribution in [-0.4, -0.2) is 30.0 Å². The molecule has 0 spiro atoms. The van der Waals surface area contributed by atoms with Crippen molar-refractivity contribution >= 4 is 0 Å². The molecule has 2 rings (SSSR count). The van der Waals surface area contributed by atoms with E-state index in [-0.39, 0.29) is 0 Å². The van der Waals surface area contributed by atoms with E-state index in [0.717, 1.165) is 48.9 Å². The van der Waals surface area contributed by atoms with Crippen LogP contribution in [0.25, 0.3) is 11.5 Å². The maximum Gasteiger partial charge on any atom is 0.152 e. The zero-order chi connectivity index (χ0) is 14.2. The zero-order valence-electron chi connectivity index (χ0n) is 11.8. The third-order valence-electron chi connectivity index (χ3n) is 2.91. The Balaban J connectivity index is 1.77. The van der Waals surface area contributed by atoms with Crippen LogP contribution in [0.1, 0.15) is 17.7 Å². The summed E-state index contributed by atoms with van der Waals surface area (Å²) in [6.45, 7) is 8.54. The highest BCUT2D eigenvalue weighted by Crippen LogP contribution is 2.22. The standard InChI is InChI=1S/C15H21N3O2/c1-3-4-8-19-9-7-16-10-13-11-17-18-15(13)14-6-5-12(2)20-14/h3,5-6,11,16H,1,4,7-10H2,2H3,(H,17,18). The predicted octanol–water partition coefficient (Wildman–Crippen LogP) is 2.66. The molecule has 0 aliphatic heterocycles. The second kappa shape index (κ2) is 7.67. The van der Waals surface area contributed by atoms with Gasteiger partial charge in [-0.05, 0) is 25.5 Å². The molecule has 5 nitrogen and oxygen atoms in total. The number of H-pyrrole nitrogens is 1. The number of hydrogen-bond donors (Lipinski definition) is 2. The normalized spacial score (nSPS) is 10.8. The molecule has 0 atom stereocenters. The first-order valence-corrected chi connectivity index (χ1v) is 6.79. The molecule has 0 saturated heterocycles. The summed E-state index contributed by atoms with van der Waals surface area (Å²) in [6, 6.07) is 3.89. The molecule has 0 saturated carbocycles. The van der Waals surface area contributed by atoms with Crippen molar-refractivity contribution in [1.82, 2.24) is 15.5 Å². The topological polar surface area (TPSA) is 63.1 Å². The number of nitrogens with one attached hydrogen (secondary N) is 2. The maximum absolute atomic E-state index is 5.61. The van der Waals surface area contributed by atoms with Crippen LogP contribution in [-0.2, 0) is 11.3 Å². The van der Waals surface area contributed by atoms with Crippen LogP contribution in [0.4, 0.5) is 0 Å². The van der Waals surface area contributed by atoms with Gasteiger partial charge in [-0.25, -0.2) is 0 Å². The molecule has 0 fully saturated rings. The van der Waals surface area contributed by atoms with Crippen molar-refractivity contribution in [3.05, 3.63) is 42.3 Å². The minimum atomic E-state index is 0.695. The number of ether oxygens (including phenoxy) is 1. The summed E-state index contributed by atoms with van der Waals surface area (Å²) in [5.74, 6) is 1.71. The number of aryl methyl sites for hydroxylation is 1. The Morgan fingerprint density at radius 3 is 3.10 bits per heavy atom. The smallest absolute Gasteiger partial charge is 0.152 e. The fourth-order valence-corrected chi connectivity index (χ4v) is 1.86. The number of rotatable bonds is 9. The van der Waals surface area contributed by atoms with Gasteiger partial charge in [0, 0.05) is 18.7 Å². The van der Waals surface area contributed by atoms with Crippen molar-refractivity contribution in [3.8, 4) is 11.5 Å². The molecule has 0 amide bonds. The van der Waals surface area contributed by atoms with Crippen LogP contribution in [0.3, 0.4) is 0 Å². The Morgan fingerprint density at radius 1 is 1.45 bits per heavy atom. The van der Waals surface area contributed by atoms with Crippen molar-refractivity contribution in [2.24, 2.45) is 0 Å². The fourth-order valence-electron chi connectivity index (χ4n) is 1.86. The van der Waals surface area contributed by atoms with Crippen LogP contribution in [0.5, 0.6) is 0 Å². The Labute approximate surface area is 119 Å². The van der Waals surface area contributed by atoms with E-state index < -0.39 is 0 Å². The SMILES string of the molecule is C=CCCOCCNCc1cn[nH]c1-c1ccc(C)o1. The molecule has 2 heterocycles. The minimum Gasteiger partial charge on any atom is -0.460 e. The summed E-state index contributed by atoms with van der Waals surface area (Å²) >= 11 is 0. The van der Waals surface area contributed by atoms with Gasteiger partial charge in [-0.1, -0.05) is 6.08 Å². The molecular weight excluding hydrogens is 254 g/mol. The quantitative estimate of drug-likeness (QED) is 0.545. The summed E-state index contributed by atoms with van der Waals surface area (Å²) < 4.78 is 11.0. The number of furan rings is 1. The van der Waals surface area contributed by atoms with Crippen LogP contribution < -0.4 is 5.32 Å². The molecule has 0 bridgehead atoms. The van der Waals surface area contributed by atoms with Gasteiger partial charge >= 0.3 is 0 Å². The van der Waals surface area contributed by atoms with Gasteiger partial charge in [-0.2, -0.15) is 5.10 Å². The molecule has 2 aromatic rings. The third-order valence-corrected chi connectivity index (χ3v) is 2.91. The molecule has 0 radical (unpaired) electrons. The van der Waals surface area contributed by atoms with E-state index in [1.54, 1.807) is 0 Å². The lowest BCUT2D eigenvalue weighted by Gasteiger charge is -2.05. The van der Waals surface area contributed by atoms with E-state index in [9.17, 15) is 0 Å². The molecule has 2 aromatic heterocycles. The average molecular weight is 275 g/mol. The average Bonchev–Trinajstić information content (AvgIpc) is 3.06. The van der Waals surface area contributed by atoms with E-state index in [0.29, 0.717) is 6.61 Å². The molecule has 20 heavy (non-hydrogen) atoms.